The van der Waals surface area contributed by atoms with Crippen molar-refractivity contribution in [3.63, 3.8) is 0 Å². The van der Waals surface area contributed by atoms with Crippen molar-refractivity contribution in [2.75, 3.05) is 18.4 Å². The summed E-state index contributed by atoms with van der Waals surface area (Å²) in [6, 6.07) is 7.86. The molecular formula is C18H23N3OS. The van der Waals surface area contributed by atoms with Crippen LogP contribution in [0, 0.1) is 13.8 Å². The van der Waals surface area contributed by atoms with Crippen molar-refractivity contribution in [1.29, 1.82) is 0 Å². The lowest BCUT2D eigenvalue weighted by atomic mass is 10.1. The number of thiazole rings is 1. The average molecular weight is 329 g/mol. The summed E-state index contributed by atoms with van der Waals surface area (Å²) in [5, 5.41) is 4.02. The summed E-state index contributed by atoms with van der Waals surface area (Å²) < 4.78 is 0. The third kappa shape index (κ3) is 4.18. The molecule has 1 aliphatic heterocycles. The molecule has 0 aliphatic carbocycles. The molecule has 0 unspecified atom stereocenters. The molecule has 4 nitrogen and oxygen atoms in total. The maximum Gasteiger partial charge on any atom is 0.267 e. The highest BCUT2D eigenvalue weighted by molar-refractivity contribution is 7.13. The number of carbonyl (C=O) groups is 1. The van der Waals surface area contributed by atoms with E-state index in [9.17, 15) is 4.79 Å². The van der Waals surface area contributed by atoms with Crippen LogP contribution in [0.25, 0.3) is 0 Å². The van der Waals surface area contributed by atoms with Crippen LogP contribution in [0.15, 0.2) is 24.3 Å². The normalized spacial score (nSPS) is 15.6. The van der Waals surface area contributed by atoms with Gasteiger partial charge in [0, 0.05) is 5.69 Å². The number of aryl methyl sites for hydroxylation is 2. The summed E-state index contributed by atoms with van der Waals surface area (Å²) in [5.41, 5.74) is 2.79. The first-order chi connectivity index (χ1) is 11.1. The molecule has 1 N–H and O–H groups in total. The third-order valence-corrected chi connectivity index (χ3v) is 5.27. The molecule has 1 aromatic carbocycles. The standard InChI is InChI=1S/C18H23N3OS/c1-13-7-6-8-15(11-13)20-18(22)17-14(2)19-16(23-17)12-21-9-4-3-5-10-21/h6-8,11H,3-5,9-10,12H2,1-2H3,(H,20,22). The molecule has 0 saturated carbocycles. The quantitative estimate of drug-likeness (QED) is 0.922. The SMILES string of the molecule is Cc1cccc(NC(=O)c2sc(CN3CCCCC3)nc2C)c1. The molecule has 1 fully saturated rings. The second-order valence-corrected chi connectivity index (χ2v) is 7.27. The van der Waals surface area contributed by atoms with Crippen molar-refractivity contribution in [3.05, 3.63) is 45.4 Å². The van der Waals surface area contributed by atoms with Crippen LogP contribution in [0.1, 0.15) is 45.2 Å². The summed E-state index contributed by atoms with van der Waals surface area (Å²) in [7, 11) is 0. The van der Waals surface area contributed by atoms with Crippen molar-refractivity contribution in [2.24, 2.45) is 0 Å². The van der Waals surface area contributed by atoms with E-state index in [1.807, 2.05) is 38.1 Å². The molecule has 1 aromatic heterocycles. The molecule has 0 spiro atoms. The number of nitrogens with zero attached hydrogens (tertiary/aromatic N) is 2. The molecule has 1 saturated heterocycles. The van der Waals surface area contributed by atoms with Crippen LogP contribution in [0.3, 0.4) is 0 Å². The summed E-state index contributed by atoms with van der Waals surface area (Å²) >= 11 is 1.52. The Morgan fingerprint density at radius 3 is 2.78 bits per heavy atom. The van der Waals surface area contributed by atoms with Gasteiger partial charge in [-0.3, -0.25) is 9.69 Å². The maximum absolute atomic E-state index is 12.5. The molecule has 0 bridgehead atoms. The predicted octanol–water partition coefficient (Wildman–Crippen LogP) is 4.00. The Hall–Kier alpha value is -1.72. The first-order valence-electron chi connectivity index (χ1n) is 8.18. The van der Waals surface area contributed by atoms with Crippen LogP contribution in [-0.4, -0.2) is 28.9 Å². The number of piperidine rings is 1. The smallest absolute Gasteiger partial charge is 0.267 e. The van der Waals surface area contributed by atoms with Crippen LogP contribution < -0.4 is 5.32 Å². The Balaban J connectivity index is 1.68. The molecule has 0 radical (unpaired) electrons. The van der Waals surface area contributed by atoms with E-state index in [2.05, 4.69) is 15.2 Å². The van der Waals surface area contributed by atoms with E-state index in [0.29, 0.717) is 0 Å². The van der Waals surface area contributed by atoms with Crippen molar-refractivity contribution >= 4 is 22.9 Å². The molecule has 2 aromatic rings. The van der Waals surface area contributed by atoms with E-state index >= 15 is 0 Å². The molecule has 1 amide bonds. The fourth-order valence-electron chi connectivity index (χ4n) is 2.95. The molecule has 122 valence electrons. The van der Waals surface area contributed by atoms with Gasteiger partial charge in [-0.1, -0.05) is 18.6 Å². The van der Waals surface area contributed by atoms with Crippen molar-refractivity contribution in [3.8, 4) is 0 Å². The first-order valence-corrected chi connectivity index (χ1v) is 9.00. The lowest BCUT2D eigenvalue weighted by Crippen LogP contribution is -2.28. The molecule has 3 rings (SSSR count). The van der Waals surface area contributed by atoms with Crippen LogP contribution in [0.5, 0.6) is 0 Å². The number of hydrogen-bond acceptors (Lipinski definition) is 4. The molecule has 23 heavy (non-hydrogen) atoms. The monoisotopic (exact) mass is 329 g/mol. The lowest BCUT2D eigenvalue weighted by Gasteiger charge is -2.25. The fourth-order valence-corrected chi connectivity index (χ4v) is 3.95. The average Bonchev–Trinajstić information content (AvgIpc) is 2.89. The van der Waals surface area contributed by atoms with Crippen LogP contribution in [-0.2, 0) is 6.54 Å². The van der Waals surface area contributed by atoms with Gasteiger partial charge in [0.1, 0.15) is 9.88 Å². The number of hydrogen-bond donors (Lipinski definition) is 1. The van der Waals surface area contributed by atoms with Gasteiger partial charge in [0.15, 0.2) is 0 Å². The largest absolute Gasteiger partial charge is 0.321 e. The van der Waals surface area contributed by atoms with Crippen LogP contribution in [0.2, 0.25) is 0 Å². The summed E-state index contributed by atoms with van der Waals surface area (Å²) in [6.07, 6.45) is 3.87. The van der Waals surface area contributed by atoms with Gasteiger partial charge in [-0.15, -0.1) is 11.3 Å². The van der Waals surface area contributed by atoms with Gasteiger partial charge in [0.2, 0.25) is 0 Å². The number of nitrogens with one attached hydrogen (secondary N) is 1. The Kier molecular flexibility index (Phi) is 5.08. The molecule has 0 atom stereocenters. The fraction of sp³-hybridized carbons (Fsp3) is 0.444. The number of likely N-dealkylation sites (tertiary alicyclic amines) is 1. The van der Waals surface area contributed by atoms with Crippen LogP contribution in [0.4, 0.5) is 5.69 Å². The number of aromatic nitrogens is 1. The number of benzene rings is 1. The van der Waals surface area contributed by atoms with Gasteiger partial charge in [0.25, 0.3) is 5.91 Å². The van der Waals surface area contributed by atoms with Gasteiger partial charge in [-0.25, -0.2) is 4.98 Å². The minimum atomic E-state index is -0.0597. The first kappa shape index (κ1) is 16.1. The van der Waals surface area contributed by atoms with E-state index in [-0.39, 0.29) is 5.91 Å². The predicted molar refractivity (Wildman–Crippen MR) is 95.1 cm³/mol. The van der Waals surface area contributed by atoms with E-state index in [1.54, 1.807) is 0 Å². The van der Waals surface area contributed by atoms with Gasteiger partial charge in [-0.05, 0) is 57.5 Å². The Morgan fingerprint density at radius 2 is 2.04 bits per heavy atom. The maximum atomic E-state index is 12.5. The van der Waals surface area contributed by atoms with E-state index in [0.717, 1.165) is 46.5 Å². The zero-order valence-electron chi connectivity index (χ0n) is 13.8. The van der Waals surface area contributed by atoms with Gasteiger partial charge < -0.3 is 5.32 Å². The van der Waals surface area contributed by atoms with Gasteiger partial charge in [0.05, 0.1) is 12.2 Å². The second-order valence-electron chi connectivity index (χ2n) is 6.18. The summed E-state index contributed by atoms with van der Waals surface area (Å²) in [4.78, 5) is 20.3. The van der Waals surface area contributed by atoms with Crippen LogP contribution >= 0.6 is 11.3 Å². The molecule has 2 heterocycles. The minimum absolute atomic E-state index is 0.0597. The zero-order valence-corrected chi connectivity index (χ0v) is 14.6. The minimum Gasteiger partial charge on any atom is -0.321 e. The number of rotatable bonds is 4. The molecular weight excluding hydrogens is 306 g/mol. The Morgan fingerprint density at radius 1 is 1.26 bits per heavy atom. The summed E-state index contributed by atoms with van der Waals surface area (Å²) in [6.45, 7) is 7.09. The lowest BCUT2D eigenvalue weighted by molar-refractivity contribution is 0.103. The molecule has 1 aliphatic rings. The second kappa shape index (κ2) is 7.23. The Labute approximate surface area is 141 Å². The highest BCUT2D eigenvalue weighted by Crippen LogP contribution is 2.22. The topological polar surface area (TPSA) is 45.2 Å². The number of amides is 1. The highest BCUT2D eigenvalue weighted by Gasteiger charge is 2.18. The third-order valence-electron chi connectivity index (χ3n) is 4.13. The van der Waals surface area contributed by atoms with E-state index in [1.165, 1.54) is 30.6 Å². The van der Waals surface area contributed by atoms with E-state index < -0.39 is 0 Å². The van der Waals surface area contributed by atoms with Crippen molar-refractivity contribution < 1.29 is 4.79 Å². The van der Waals surface area contributed by atoms with Crippen molar-refractivity contribution in [1.82, 2.24) is 9.88 Å². The number of anilines is 1. The van der Waals surface area contributed by atoms with Gasteiger partial charge >= 0.3 is 0 Å². The molecule has 5 heteroatoms. The highest BCUT2D eigenvalue weighted by atomic mass is 32.1. The summed E-state index contributed by atoms with van der Waals surface area (Å²) in [5.74, 6) is -0.0597. The number of carbonyl (C=O) groups excluding carboxylic acids is 1. The Bertz CT molecular complexity index is 689. The van der Waals surface area contributed by atoms with E-state index in [4.69, 9.17) is 0 Å². The van der Waals surface area contributed by atoms with Crippen molar-refractivity contribution in [2.45, 2.75) is 39.7 Å². The zero-order chi connectivity index (χ0) is 16.2. The van der Waals surface area contributed by atoms with Gasteiger partial charge in [-0.2, -0.15) is 0 Å².